The van der Waals surface area contributed by atoms with Crippen LogP contribution in [0.5, 0.6) is 0 Å². The number of anilines is 1. The van der Waals surface area contributed by atoms with Crippen molar-refractivity contribution in [1.82, 2.24) is 4.98 Å². The van der Waals surface area contributed by atoms with Gasteiger partial charge in [0.25, 0.3) is 0 Å². The number of aromatic nitrogens is 1. The highest BCUT2D eigenvalue weighted by Crippen LogP contribution is 2.21. The number of hydrogen-bond acceptors (Lipinski definition) is 4. The van der Waals surface area contributed by atoms with Crippen LogP contribution in [0.15, 0.2) is 59.1 Å². The minimum atomic E-state index is -0.314. The zero-order valence-electron chi connectivity index (χ0n) is 13.9. The number of benzene rings is 2. The Labute approximate surface area is 150 Å². The molecule has 0 aliphatic rings. The number of oxazole rings is 1. The summed E-state index contributed by atoms with van der Waals surface area (Å²) in [6.45, 7) is 0. The van der Waals surface area contributed by atoms with Gasteiger partial charge in [-0.2, -0.15) is 5.26 Å². The third-order valence-corrected chi connectivity index (χ3v) is 3.77. The molecule has 26 heavy (non-hydrogen) atoms. The zero-order chi connectivity index (χ0) is 18.4. The van der Waals surface area contributed by atoms with Gasteiger partial charge in [-0.1, -0.05) is 12.1 Å². The minimum absolute atomic E-state index is 0.153. The number of aryl methyl sites for hydroxylation is 1. The van der Waals surface area contributed by atoms with Crippen molar-refractivity contribution in [3.63, 3.8) is 0 Å². The molecule has 0 saturated carbocycles. The maximum atomic E-state index is 13.0. The molecule has 3 aromatic rings. The Morgan fingerprint density at radius 2 is 1.88 bits per heavy atom. The van der Waals surface area contributed by atoms with Gasteiger partial charge in [-0.15, -0.1) is 0 Å². The molecule has 1 heterocycles. The number of carbonyl (C=O) groups excluding carboxylic acids is 1. The molecule has 0 spiro atoms. The molecule has 0 aliphatic carbocycles. The van der Waals surface area contributed by atoms with Gasteiger partial charge in [-0.3, -0.25) is 4.79 Å². The SMILES string of the molecule is N#CCc1ccc(NC(=O)CCc2ncc(-c3ccc(F)cc3)o2)cc1. The van der Waals surface area contributed by atoms with Crippen LogP contribution >= 0.6 is 0 Å². The number of nitriles is 1. The first-order valence-electron chi connectivity index (χ1n) is 8.10. The van der Waals surface area contributed by atoms with Gasteiger partial charge in [0.2, 0.25) is 5.91 Å². The van der Waals surface area contributed by atoms with Gasteiger partial charge in [0, 0.05) is 24.1 Å². The van der Waals surface area contributed by atoms with E-state index in [1.165, 1.54) is 12.1 Å². The van der Waals surface area contributed by atoms with Crippen LogP contribution in [0.2, 0.25) is 0 Å². The molecule has 0 fully saturated rings. The Bertz CT molecular complexity index is 925. The normalized spacial score (nSPS) is 10.3. The van der Waals surface area contributed by atoms with E-state index in [9.17, 15) is 9.18 Å². The second-order valence-corrected chi connectivity index (χ2v) is 5.71. The first-order chi connectivity index (χ1) is 12.6. The van der Waals surface area contributed by atoms with E-state index >= 15 is 0 Å². The molecule has 0 bridgehead atoms. The van der Waals surface area contributed by atoms with Gasteiger partial charge in [0.15, 0.2) is 11.7 Å². The van der Waals surface area contributed by atoms with Crippen LogP contribution < -0.4 is 5.32 Å². The van der Waals surface area contributed by atoms with Crippen LogP contribution in [0.3, 0.4) is 0 Å². The van der Waals surface area contributed by atoms with E-state index < -0.39 is 0 Å². The third-order valence-electron chi connectivity index (χ3n) is 3.77. The van der Waals surface area contributed by atoms with E-state index in [1.807, 2.05) is 12.1 Å². The lowest BCUT2D eigenvalue weighted by molar-refractivity contribution is -0.116. The van der Waals surface area contributed by atoms with Crippen LogP contribution in [-0.4, -0.2) is 10.9 Å². The van der Waals surface area contributed by atoms with E-state index in [2.05, 4.69) is 16.4 Å². The second kappa shape index (κ2) is 8.08. The topological polar surface area (TPSA) is 78.9 Å². The number of nitrogens with one attached hydrogen (secondary N) is 1. The number of hydrogen-bond donors (Lipinski definition) is 1. The van der Waals surface area contributed by atoms with Crippen LogP contribution in [-0.2, 0) is 17.6 Å². The monoisotopic (exact) mass is 349 g/mol. The fourth-order valence-corrected chi connectivity index (χ4v) is 2.41. The summed E-state index contributed by atoms with van der Waals surface area (Å²) in [5.41, 5.74) is 2.31. The van der Waals surface area contributed by atoms with E-state index in [1.54, 1.807) is 30.5 Å². The van der Waals surface area contributed by atoms with Crippen molar-refractivity contribution < 1.29 is 13.6 Å². The molecular weight excluding hydrogens is 333 g/mol. The van der Waals surface area contributed by atoms with Crippen LogP contribution in [0.4, 0.5) is 10.1 Å². The van der Waals surface area contributed by atoms with Gasteiger partial charge in [0.1, 0.15) is 5.82 Å². The first-order valence-corrected chi connectivity index (χ1v) is 8.10. The maximum Gasteiger partial charge on any atom is 0.224 e. The molecule has 0 aliphatic heterocycles. The Morgan fingerprint density at radius 1 is 1.15 bits per heavy atom. The first kappa shape index (κ1) is 17.4. The van der Waals surface area contributed by atoms with Gasteiger partial charge in [0.05, 0.1) is 18.7 Å². The summed E-state index contributed by atoms with van der Waals surface area (Å²) >= 11 is 0. The molecular formula is C20H16FN3O2. The van der Waals surface area contributed by atoms with Crippen LogP contribution in [0.1, 0.15) is 17.9 Å². The van der Waals surface area contributed by atoms with Crippen molar-refractivity contribution >= 4 is 11.6 Å². The summed E-state index contributed by atoms with van der Waals surface area (Å²) in [5.74, 6) is 0.516. The van der Waals surface area contributed by atoms with Gasteiger partial charge in [-0.25, -0.2) is 9.37 Å². The highest BCUT2D eigenvalue weighted by atomic mass is 19.1. The Hall–Kier alpha value is -3.46. The highest BCUT2D eigenvalue weighted by Gasteiger charge is 2.09. The summed E-state index contributed by atoms with van der Waals surface area (Å²) < 4.78 is 18.6. The molecule has 5 nitrogen and oxygen atoms in total. The van der Waals surface area contributed by atoms with Crippen molar-refractivity contribution in [3.05, 3.63) is 72.0 Å². The van der Waals surface area contributed by atoms with Crippen molar-refractivity contribution in [2.75, 3.05) is 5.32 Å². The molecule has 3 rings (SSSR count). The van der Waals surface area contributed by atoms with Crippen LogP contribution in [0.25, 0.3) is 11.3 Å². The molecule has 0 atom stereocenters. The second-order valence-electron chi connectivity index (χ2n) is 5.71. The number of rotatable bonds is 6. The molecule has 130 valence electrons. The Morgan fingerprint density at radius 3 is 2.58 bits per heavy atom. The van der Waals surface area contributed by atoms with Crippen molar-refractivity contribution in [2.24, 2.45) is 0 Å². The summed E-state index contributed by atoms with van der Waals surface area (Å²) in [7, 11) is 0. The largest absolute Gasteiger partial charge is 0.441 e. The zero-order valence-corrected chi connectivity index (χ0v) is 13.9. The Balaban J connectivity index is 1.53. The average Bonchev–Trinajstić information content (AvgIpc) is 3.11. The molecule has 1 aromatic heterocycles. The van der Waals surface area contributed by atoms with E-state index in [0.717, 1.165) is 11.1 Å². The van der Waals surface area contributed by atoms with Gasteiger partial charge in [-0.05, 0) is 42.0 Å². The van der Waals surface area contributed by atoms with Gasteiger partial charge < -0.3 is 9.73 Å². The number of halogens is 1. The predicted octanol–water partition coefficient (Wildman–Crippen LogP) is 4.12. The lowest BCUT2D eigenvalue weighted by atomic mass is 10.1. The smallest absolute Gasteiger partial charge is 0.224 e. The molecule has 0 radical (unpaired) electrons. The lowest BCUT2D eigenvalue weighted by Crippen LogP contribution is -2.12. The molecule has 2 aromatic carbocycles. The number of amides is 1. The highest BCUT2D eigenvalue weighted by molar-refractivity contribution is 5.90. The Kier molecular flexibility index (Phi) is 5.40. The fourth-order valence-electron chi connectivity index (χ4n) is 2.41. The maximum absolute atomic E-state index is 13.0. The minimum Gasteiger partial charge on any atom is -0.441 e. The number of nitrogens with zero attached hydrogens (tertiary/aromatic N) is 2. The van der Waals surface area contributed by atoms with E-state index in [-0.39, 0.29) is 18.1 Å². The summed E-state index contributed by atoms with van der Waals surface area (Å²) in [6.07, 6.45) is 2.49. The molecule has 0 saturated heterocycles. The van der Waals surface area contributed by atoms with E-state index in [0.29, 0.717) is 30.2 Å². The quantitative estimate of drug-likeness (QED) is 0.726. The summed E-state index contributed by atoms with van der Waals surface area (Å²) in [4.78, 5) is 16.2. The summed E-state index contributed by atoms with van der Waals surface area (Å²) in [6, 6.07) is 15.2. The average molecular weight is 349 g/mol. The van der Waals surface area contributed by atoms with Crippen molar-refractivity contribution in [2.45, 2.75) is 19.3 Å². The molecule has 6 heteroatoms. The van der Waals surface area contributed by atoms with Crippen LogP contribution in [0, 0.1) is 17.1 Å². The van der Waals surface area contributed by atoms with E-state index in [4.69, 9.17) is 9.68 Å². The lowest BCUT2D eigenvalue weighted by Gasteiger charge is -2.05. The third kappa shape index (κ3) is 4.54. The molecule has 0 unspecified atom stereocenters. The predicted molar refractivity (Wildman–Crippen MR) is 94.6 cm³/mol. The van der Waals surface area contributed by atoms with Crippen molar-refractivity contribution in [1.29, 1.82) is 5.26 Å². The standard InChI is InChI=1S/C20H16FN3O2/c21-16-5-3-15(4-6-16)18-13-23-20(26-18)10-9-19(25)24-17-7-1-14(2-8-17)11-12-22/h1-8,13H,9-11H2,(H,24,25). The molecule has 1 N–H and O–H groups in total. The van der Waals surface area contributed by atoms with Crippen molar-refractivity contribution in [3.8, 4) is 17.4 Å². The van der Waals surface area contributed by atoms with Gasteiger partial charge >= 0.3 is 0 Å². The molecule has 1 amide bonds. The fraction of sp³-hybridized carbons (Fsp3) is 0.150. The number of carbonyl (C=O) groups is 1. The summed E-state index contributed by atoms with van der Waals surface area (Å²) in [5, 5.41) is 11.4.